The molecule has 5 aliphatic rings. The number of fused-ring (bicyclic) bond motifs is 7. The van der Waals surface area contributed by atoms with Crippen molar-refractivity contribution < 1.29 is 31.4 Å². The summed E-state index contributed by atoms with van der Waals surface area (Å²) in [4.78, 5) is 18.7. The molecule has 0 saturated carbocycles. The Hall–Kier alpha value is -4.12. The Kier molecular flexibility index (Phi) is 7.06. The maximum absolute atomic E-state index is 17.1. The number of hydrogen-bond acceptors (Lipinski definition) is 8. The summed E-state index contributed by atoms with van der Waals surface area (Å²) in [6, 6.07) is 8.67. The number of benzene rings is 2. The third kappa shape index (κ3) is 5.02. The second-order valence-electron chi connectivity index (χ2n) is 14.0. The summed E-state index contributed by atoms with van der Waals surface area (Å²) in [5.74, 6) is 1.70. The molecular formula is C36H33F5N6O2. The largest absolute Gasteiger partial charge is 0.522 e. The monoisotopic (exact) mass is 676 g/mol. The number of piperazine rings is 1. The minimum Gasteiger partial charge on any atom is -0.461 e. The summed E-state index contributed by atoms with van der Waals surface area (Å²) in [5.41, 5.74) is 0.383. The number of nitrogens with zero attached hydrogens (tertiary/aromatic N) is 5. The van der Waals surface area contributed by atoms with Gasteiger partial charge < -0.3 is 15.0 Å². The summed E-state index contributed by atoms with van der Waals surface area (Å²) < 4.78 is 82.2. The first-order chi connectivity index (χ1) is 23.6. The van der Waals surface area contributed by atoms with Gasteiger partial charge >= 0.3 is 12.4 Å². The molecule has 4 saturated heterocycles. The van der Waals surface area contributed by atoms with Crippen molar-refractivity contribution in [2.75, 3.05) is 31.1 Å². The Morgan fingerprint density at radius 3 is 2.76 bits per heavy atom. The molecule has 4 aromatic rings. The molecule has 0 amide bonds. The zero-order valence-corrected chi connectivity index (χ0v) is 26.5. The molecule has 0 aliphatic carbocycles. The lowest BCUT2D eigenvalue weighted by molar-refractivity contribution is -0.340. The maximum Gasteiger partial charge on any atom is 0.522 e. The second kappa shape index (κ2) is 11.2. The van der Waals surface area contributed by atoms with Crippen LogP contribution < -0.4 is 15.0 Å². The van der Waals surface area contributed by atoms with Gasteiger partial charge in [0.2, 0.25) is 0 Å². The second-order valence-corrected chi connectivity index (χ2v) is 14.0. The van der Waals surface area contributed by atoms with Crippen LogP contribution in [0.15, 0.2) is 30.3 Å². The predicted molar refractivity (Wildman–Crippen MR) is 172 cm³/mol. The molecule has 0 unspecified atom stereocenters. The molecule has 2 aromatic carbocycles. The van der Waals surface area contributed by atoms with Crippen LogP contribution in [0.5, 0.6) is 6.01 Å². The van der Waals surface area contributed by atoms with Crippen molar-refractivity contribution >= 4 is 27.5 Å². The van der Waals surface area contributed by atoms with Gasteiger partial charge in [0.25, 0.3) is 0 Å². The first-order valence-corrected chi connectivity index (χ1v) is 16.8. The molecule has 13 heteroatoms. The van der Waals surface area contributed by atoms with Gasteiger partial charge in [0, 0.05) is 42.2 Å². The van der Waals surface area contributed by atoms with Crippen LogP contribution in [0.25, 0.3) is 32.9 Å². The zero-order valence-electron chi connectivity index (χ0n) is 26.5. The summed E-state index contributed by atoms with van der Waals surface area (Å²) in [5, 5.41) is 5.27. The minimum atomic E-state index is -4.73. The number of nitrogens with one attached hydrogen (secondary N) is 1. The van der Waals surface area contributed by atoms with E-state index in [1.165, 1.54) is 6.07 Å². The van der Waals surface area contributed by atoms with E-state index >= 15 is 4.39 Å². The SMILES string of the molecule is C#Cc1c(F)ccc2cccc(-c3nc4c5c(nc(OC[C@]67CCCN6C[C@@H](OC(F)(F)F)C7)nc5c3F)N3C[C@H]5CC[C@H](N5)[C@H]3CC4)c12. The fraction of sp³-hybridized carbons (Fsp3) is 0.472. The van der Waals surface area contributed by atoms with Gasteiger partial charge in [0.05, 0.1) is 28.3 Å². The Morgan fingerprint density at radius 2 is 1.92 bits per heavy atom. The van der Waals surface area contributed by atoms with Crippen LogP contribution in [0, 0.1) is 24.0 Å². The predicted octanol–water partition coefficient (Wildman–Crippen LogP) is 5.88. The zero-order chi connectivity index (χ0) is 33.7. The van der Waals surface area contributed by atoms with Crippen LogP contribution >= 0.6 is 0 Å². The van der Waals surface area contributed by atoms with Gasteiger partial charge in [-0.1, -0.05) is 30.2 Å². The Morgan fingerprint density at radius 1 is 1.04 bits per heavy atom. The van der Waals surface area contributed by atoms with E-state index in [0.29, 0.717) is 59.2 Å². The van der Waals surface area contributed by atoms with E-state index in [4.69, 9.17) is 21.1 Å². The topological polar surface area (TPSA) is 75.6 Å². The Bertz CT molecular complexity index is 2050. The van der Waals surface area contributed by atoms with Gasteiger partial charge in [-0.3, -0.25) is 9.64 Å². The molecule has 2 bridgehead atoms. The molecule has 5 aliphatic heterocycles. The van der Waals surface area contributed by atoms with E-state index in [1.54, 1.807) is 24.3 Å². The van der Waals surface area contributed by atoms with Crippen molar-refractivity contribution in [1.82, 2.24) is 25.2 Å². The van der Waals surface area contributed by atoms with E-state index in [1.807, 2.05) is 4.90 Å². The molecule has 5 atom stereocenters. The first-order valence-electron chi connectivity index (χ1n) is 16.8. The highest BCUT2D eigenvalue weighted by Gasteiger charge is 2.52. The molecule has 8 nitrogen and oxygen atoms in total. The summed E-state index contributed by atoms with van der Waals surface area (Å²) >= 11 is 0. The molecular weight excluding hydrogens is 643 g/mol. The molecule has 4 fully saturated rings. The third-order valence-corrected chi connectivity index (χ3v) is 11.3. The number of aryl methyl sites for hydroxylation is 1. The Labute approximate surface area is 279 Å². The van der Waals surface area contributed by atoms with E-state index in [2.05, 4.69) is 25.9 Å². The van der Waals surface area contributed by atoms with Gasteiger partial charge in [-0.15, -0.1) is 19.6 Å². The fourth-order valence-electron chi connectivity index (χ4n) is 9.24. The number of rotatable bonds is 5. The number of anilines is 1. The van der Waals surface area contributed by atoms with Gasteiger partial charge in [0.1, 0.15) is 29.5 Å². The van der Waals surface area contributed by atoms with E-state index in [-0.39, 0.29) is 60.5 Å². The lowest BCUT2D eigenvalue weighted by Gasteiger charge is -2.41. The number of terminal acetylenes is 1. The number of hydrogen-bond donors (Lipinski definition) is 1. The third-order valence-electron chi connectivity index (χ3n) is 11.3. The van der Waals surface area contributed by atoms with Crippen LogP contribution in [0.4, 0.5) is 27.8 Å². The van der Waals surface area contributed by atoms with E-state index in [9.17, 15) is 17.6 Å². The number of alkyl halides is 3. The smallest absolute Gasteiger partial charge is 0.461 e. The fourth-order valence-corrected chi connectivity index (χ4v) is 9.24. The van der Waals surface area contributed by atoms with Crippen LogP contribution in [-0.4, -0.2) is 82.2 Å². The van der Waals surface area contributed by atoms with Crippen molar-refractivity contribution in [3.8, 4) is 29.6 Å². The minimum absolute atomic E-state index is 0.00816. The number of ether oxygens (including phenoxy) is 2. The van der Waals surface area contributed by atoms with Crippen LogP contribution in [0.2, 0.25) is 0 Å². The molecule has 9 rings (SSSR count). The Balaban J connectivity index is 1.18. The highest BCUT2D eigenvalue weighted by atomic mass is 19.4. The van der Waals surface area contributed by atoms with Crippen LogP contribution in [-0.2, 0) is 11.2 Å². The number of aromatic nitrogens is 3. The van der Waals surface area contributed by atoms with E-state index in [0.717, 1.165) is 25.7 Å². The van der Waals surface area contributed by atoms with Crippen molar-refractivity contribution in [3.05, 3.63) is 53.2 Å². The lowest BCUT2D eigenvalue weighted by Crippen LogP contribution is -2.58. The van der Waals surface area contributed by atoms with E-state index < -0.39 is 29.6 Å². The molecule has 254 valence electrons. The van der Waals surface area contributed by atoms with Crippen molar-refractivity contribution in [2.24, 2.45) is 0 Å². The summed E-state index contributed by atoms with van der Waals surface area (Å²) in [6.45, 7) is 1.49. The van der Waals surface area contributed by atoms with Crippen molar-refractivity contribution in [3.63, 3.8) is 0 Å². The molecule has 49 heavy (non-hydrogen) atoms. The highest BCUT2D eigenvalue weighted by molar-refractivity contribution is 6.02. The lowest BCUT2D eigenvalue weighted by atomic mass is 9.94. The normalized spacial score (nSPS) is 27.7. The molecule has 7 heterocycles. The van der Waals surface area contributed by atoms with Crippen molar-refractivity contribution in [2.45, 2.75) is 81.1 Å². The van der Waals surface area contributed by atoms with Gasteiger partial charge in [-0.2, -0.15) is 9.97 Å². The maximum atomic E-state index is 17.1. The first kappa shape index (κ1) is 30.9. The van der Waals surface area contributed by atoms with Gasteiger partial charge in [0.15, 0.2) is 5.82 Å². The van der Waals surface area contributed by atoms with Crippen LogP contribution in [0.3, 0.4) is 0 Å². The standard InChI is InChI=1S/C36H33F5N6O2/c1-2-22-24(37)9-7-19-5-3-6-23(28(19)22)31-30(38)32-29-26(43-31)11-12-27-25-10-8-20(42-25)16-47(27)33(29)45-34(44-32)48-18-35-13-4-14-46(35)17-21(15-35)49-36(39,40)41/h1,3,5-7,9,20-21,25,27,42H,4,8,10-18H2/t20-,21+,25+,27-,35-/m1/s1. The quantitative estimate of drug-likeness (QED) is 0.208. The number of pyridine rings is 1. The van der Waals surface area contributed by atoms with Gasteiger partial charge in [-0.05, 0) is 62.9 Å². The average molecular weight is 677 g/mol. The molecule has 0 spiro atoms. The van der Waals surface area contributed by atoms with Crippen molar-refractivity contribution in [1.29, 1.82) is 0 Å². The molecule has 2 aromatic heterocycles. The van der Waals surface area contributed by atoms with Gasteiger partial charge in [-0.25, -0.2) is 13.8 Å². The molecule has 0 radical (unpaired) electrons. The molecule has 1 N–H and O–H groups in total. The summed E-state index contributed by atoms with van der Waals surface area (Å²) in [6.07, 6.45) is 4.97. The van der Waals surface area contributed by atoms with Crippen LogP contribution in [0.1, 0.15) is 49.8 Å². The summed E-state index contributed by atoms with van der Waals surface area (Å²) in [7, 11) is 0. The average Bonchev–Trinajstić information content (AvgIpc) is 3.71. The number of halogens is 5. The highest BCUT2D eigenvalue weighted by Crippen LogP contribution is 2.45.